The zero-order valence-electron chi connectivity index (χ0n) is 11.2. The third-order valence-electron chi connectivity index (χ3n) is 2.86. The molecule has 6 heteroatoms. The van der Waals surface area contributed by atoms with E-state index in [9.17, 15) is 8.42 Å². The van der Waals surface area contributed by atoms with E-state index in [1.807, 2.05) is 19.1 Å². The fourth-order valence-electron chi connectivity index (χ4n) is 1.63. The van der Waals surface area contributed by atoms with Gasteiger partial charge in [0.15, 0.2) is 0 Å². The van der Waals surface area contributed by atoms with Gasteiger partial charge in [-0.25, -0.2) is 13.1 Å². The molecule has 0 spiro atoms. The molecule has 0 fully saturated rings. The van der Waals surface area contributed by atoms with Crippen molar-refractivity contribution < 1.29 is 13.5 Å². The van der Waals surface area contributed by atoms with Crippen molar-refractivity contribution in [3.05, 3.63) is 30.1 Å². The third-order valence-corrected chi connectivity index (χ3v) is 4.25. The molecule has 0 amide bonds. The van der Waals surface area contributed by atoms with Crippen LogP contribution in [0.2, 0.25) is 0 Å². The number of pyridine rings is 1. The van der Waals surface area contributed by atoms with Gasteiger partial charge >= 0.3 is 0 Å². The lowest BCUT2D eigenvalue weighted by Crippen LogP contribution is -2.28. The van der Waals surface area contributed by atoms with E-state index in [0.717, 1.165) is 18.5 Å². The lowest BCUT2D eigenvalue weighted by molar-refractivity contribution is 0.228. The fourth-order valence-corrected chi connectivity index (χ4v) is 2.70. The molecule has 0 saturated carbocycles. The third kappa shape index (κ3) is 7.25. The smallest absolute Gasteiger partial charge is 0.211 e. The summed E-state index contributed by atoms with van der Waals surface area (Å²) in [6.45, 7) is 2.51. The van der Waals surface area contributed by atoms with Gasteiger partial charge in [-0.2, -0.15) is 0 Å². The highest BCUT2D eigenvalue weighted by molar-refractivity contribution is 7.89. The zero-order chi connectivity index (χ0) is 14.1. The Balaban J connectivity index is 2.25. The largest absolute Gasteiger partial charge is 0.396 e. The van der Waals surface area contributed by atoms with Crippen molar-refractivity contribution >= 4 is 10.0 Å². The lowest BCUT2D eigenvalue weighted by atomic mass is 10.1. The molecule has 0 bridgehead atoms. The maximum atomic E-state index is 11.7. The Hall–Kier alpha value is -0.980. The minimum Gasteiger partial charge on any atom is -0.396 e. The van der Waals surface area contributed by atoms with Crippen LogP contribution in [-0.2, 0) is 16.4 Å². The van der Waals surface area contributed by atoms with Crippen LogP contribution in [0.5, 0.6) is 0 Å². The first-order valence-corrected chi connectivity index (χ1v) is 8.17. The van der Waals surface area contributed by atoms with Crippen LogP contribution in [-0.4, -0.2) is 37.4 Å². The molecule has 0 aliphatic carbocycles. The molecular formula is C13H22N2O3S. The van der Waals surface area contributed by atoms with Crippen LogP contribution in [0.25, 0.3) is 0 Å². The summed E-state index contributed by atoms with van der Waals surface area (Å²) < 4.78 is 26.0. The molecule has 1 rings (SSSR count). The summed E-state index contributed by atoms with van der Waals surface area (Å²) in [4.78, 5) is 4.09. The first-order valence-electron chi connectivity index (χ1n) is 6.51. The van der Waals surface area contributed by atoms with E-state index >= 15 is 0 Å². The average Bonchev–Trinajstić information content (AvgIpc) is 2.42. The summed E-state index contributed by atoms with van der Waals surface area (Å²) >= 11 is 0. The van der Waals surface area contributed by atoms with Crippen LogP contribution in [0, 0.1) is 5.92 Å². The molecule has 1 aromatic rings. The standard InChI is InChI=1S/C13H22N2O3S/c1-12(11-16)5-4-9-15-19(17,18)10-7-13-6-2-3-8-14-13/h2-3,6,8,12,15-16H,4-5,7,9-11H2,1H3. The Morgan fingerprint density at radius 3 is 2.84 bits per heavy atom. The summed E-state index contributed by atoms with van der Waals surface area (Å²) in [5.41, 5.74) is 0.779. The first kappa shape index (κ1) is 16.1. The quantitative estimate of drug-likeness (QED) is 0.663. The Labute approximate surface area is 115 Å². The van der Waals surface area contributed by atoms with Gasteiger partial charge < -0.3 is 5.11 Å². The summed E-state index contributed by atoms with van der Waals surface area (Å²) in [6.07, 6.45) is 3.64. The van der Waals surface area contributed by atoms with Crippen molar-refractivity contribution in [1.29, 1.82) is 0 Å². The number of aryl methyl sites for hydroxylation is 1. The maximum Gasteiger partial charge on any atom is 0.211 e. The summed E-state index contributed by atoms with van der Waals surface area (Å²) in [5.74, 6) is 0.276. The van der Waals surface area contributed by atoms with Gasteiger partial charge in [-0.15, -0.1) is 0 Å². The minimum absolute atomic E-state index is 0.0551. The van der Waals surface area contributed by atoms with Gasteiger partial charge in [0.05, 0.1) is 5.75 Å². The van der Waals surface area contributed by atoms with Crippen LogP contribution in [0.15, 0.2) is 24.4 Å². The van der Waals surface area contributed by atoms with Gasteiger partial charge in [-0.3, -0.25) is 4.98 Å². The maximum absolute atomic E-state index is 11.7. The van der Waals surface area contributed by atoms with Crippen LogP contribution in [0.1, 0.15) is 25.5 Å². The predicted molar refractivity (Wildman–Crippen MR) is 75.2 cm³/mol. The van der Waals surface area contributed by atoms with Gasteiger partial charge in [0, 0.05) is 31.5 Å². The van der Waals surface area contributed by atoms with E-state index < -0.39 is 10.0 Å². The molecule has 1 unspecified atom stereocenters. The lowest BCUT2D eigenvalue weighted by Gasteiger charge is -2.09. The van der Waals surface area contributed by atoms with Crippen molar-refractivity contribution in [2.75, 3.05) is 18.9 Å². The van der Waals surface area contributed by atoms with Crippen LogP contribution in [0.4, 0.5) is 0 Å². The van der Waals surface area contributed by atoms with Crippen molar-refractivity contribution in [3.8, 4) is 0 Å². The van der Waals surface area contributed by atoms with Gasteiger partial charge in [0.1, 0.15) is 0 Å². The Bertz CT molecular complexity index is 448. The van der Waals surface area contributed by atoms with E-state index in [1.165, 1.54) is 0 Å². The van der Waals surface area contributed by atoms with E-state index in [0.29, 0.717) is 13.0 Å². The molecule has 108 valence electrons. The Morgan fingerprint density at radius 1 is 1.42 bits per heavy atom. The molecule has 1 aromatic heterocycles. The molecule has 0 aliphatic heterocycles. The highest BCUT2D eigenvalue weighted by Gasteiger charge is 2.10. The van der Waals surface area contributed by atoms with E-state index in [2.05, 4.69) is 9.71 Å². The molecule has 0 radical (unpaired) electrons. The molecule has 2 N–H and O–H groups in total. The van der Waals surface area contributed by atoms with Gasteiger partial charge in [-0.1, -0.05) is 13.0 Å². The molecule has 0 saturated heterocycles. The van der Waals surface area contributed by atoms with E-state index in [1.54, 1.807) is 12.3 Å². The van der Waals surface area contributed by atoms with Gasteiger partial charge in [0.2, 0.25) is 10.0 Å². The van der Waals surface area contributed by atoms with Crippen molar-refractivity contribution in [2.24, 2.45) is 5.92 Å². The molecule has 1 atom stereocenters. The number of sulfonamides is 1. The minimum atomic E-state index is -3.24. The van der Waals surface area contributed by atoms with E-state index in [4.69, 9.17) is 5.11 Å². The molecule has 5 nitrogen and oxygen atoms in total. The van der Waals surface area contributed by atoms with Crippen molar-refractivity contribution in [3.63, 3.8) is 0 Å². The Morgan fingerprint density at radius 2 is 2.21 bits per heavy atom. The van der Waals surface area contributed by atoms with E-state index in [-0.39, 0.29) is 18.3 Å². The summed E-state index contributed by atoms with van der Waals surface area (Å²) in [7, 11) is -3.24. The van der Waals surface area contributed by atoms with Crippen LogP contribution in [0.3, 0.4) is 0 Å². The van der Waals surface area contributed by atoms with Crippen molar-refractivity contribution in [1.82, 2.24) is 9.71 Å². The van der Waals surface area contributed by atoms with Gasteiger partial charge in [-0.05, 0) is 30.9 Å². The highest BCUT2D eigenvalue weighted by atomic mass is 32.2. The molecular weight excluding hydrogens is 264 g/mol. The Kier molecular flexibility index (Phi) is 6.97. The monoisotopic (exact) mass is 286 g/mol. The normalized spacial score (nSPS) is 13.4. The van der Waals surface area contributed by atoms with Crippen LogP contribution < -0.4 is 4.72 Å². The number of hydrogen-bond acceptors (Lipinski definition) is 4. The number of nitrogens with one attached hydrogen (secondary N) is 1. The number of aliphatic hydroxyl groups is 1. The first-order chi connectivity index (χ1) is 9.03. The number of rotatable bonds is 9. The number of nitrogens with zero attached hydrogens (tertiary/aromatic N) is 1. The van der Waals surface area contributed by atoms with Gasteiger partial charge in [0.25, 0.3) is 0 Å². The topological polar surface area (TPSA) is 79.3 Å². The fraction of sp³-hybridized carbons (Fsp3) is 0.615. The molecule has 0 aliphatic rings. The molecule has 19 heavy (non-hydrogen) atoms. The zero-order valence-corrected chi connectivity index (χ0v) is 12.1. The second kappa shape index (κ2) is 8.24. The number of aliphatic hydroxyl groups excluding tert-OH is 1. The molecule has 1 heterocycles. The second-order valence-electron chi connectivity index (χ2n) is 4.71. The summed E-state index contributed by atoms with van der Waals surface area (Å²) in [6, 6.07) is 5.47. The second-order valence-corrected chi connectivity index (χ2v) is 6.64. The average molecular weight is 286 g/mol. The number of hydrogen-bond donors (Lipinski definition) is 2. The number of aromatic nitrogens is 1. The molecule has 0 aromatic carbocycles. The highest BCUT2D eigenvalue weighted by Crippen LogP contribution is 2.03. The predicted octanol–water partition coefficient (Wildman–Crippen LogP) is 0.952. The SMILES string of the molecule is CC(CO)CCCNS(=O)(=O)CCc1ccccn1. The van der Waals surface area contributed by atoms with Crippen molar-refractivity contribution in [2.45, 2.75) is 26.2 Å². The van der Waals surface area contributed by atoms with Crippen LogP contribution >= 0.6 is 0 Å². The summed E-state index contributed by atoms with van der Waals surface area (Å²) in [5, 5.41) is 8.86.